The van der Waals surface area contributed by atoms with E-state index in [1.54, 1.807) is 74.9 Å². The van der Waals surface area contributed by atoms with Crippen LogP contribution >= 0.6 is 0 Å². The standard InChI is InChI=1S/C26H23N5O4/c1-34-21-13-9-19(10-14-21)27-25-24(31(32)33)23(17-8-18-6-4-3-5-7-18)29-26(30-25)28-20-11-15-22(35-2)16-12-20/h3-17H,1-2H3,(H2,27,28,29,30). The van der Waals surface area contributed by atoms with Crippen LogP contribution in [0.2, 0.25) is 0 Å². The molecule has 0 aliphatic rings. The normalized spacial score (nSPS) is 10.7. The van der Waals surface area contributed by atoms with Gasteiger partial charge in [0.25, 0.3) is 0 Å². The number of methoxy groups -OCH3 is 2. The molecule has 0 saturated carbocycles. The number of hydrogen-bond acceptors (Lipinski definition) is 8. The fourth-order valence-corrected chi connectivity index (χ4v) is 3.27. The molecule has 4 rings (SSSR count). The highest BCUT2D eigenvalue weighted by Gasteiger charge is 2.24. The van der Waals surface area contributed by atoms with Gasteiger partial charge in [0.15, 0.2) is 0 Å². The molecule has 9 nitrogen and oxygen atoms in total. The molecule has 0 spiro atoms. The van der Waals surface area contributed by atoms with Crippen molar-refractivity contribution in [2.75, 3.05) is 24.9 Å². The van der Waals surface area contributed by atoms with Gasteiger partial charge in [0, 0.05) is 11.4 Å². The quantitative estimate of drug-likeness (QED) is 0.225. The Labute approximate surface area is 202 Å². The molecule has 4 aromatic rings. The van der Waals surface area contributed by atoms with Crippen LogP contribution < -0.4 is 20.1 Å². The number of ether oxygens (including phenoxy) is 2. The highest BCUT2D eigenvalue weighted by molar-refractivity contribution is 5.79. The van der Waals surface area contributed by atoms with Crippen molar-refractivity contribution in [2.45, 2.75) is 0 Å². The monoisotopic (exact) mass is 469 g/mol. The molecule has 3 aromatic carbocycles. The largest absolute Gasteiger partial charge is 0.497 e. The summed E-state index contributed by atoms with van der Waals surface area (Å²) in [6.07, 6.45) is 3.37. The van der Waals surface area contributed by atoms with E-state index in [1.807, 2.05) is 30.3 Å². The Morgan fingerprint density at radius 3 is 1.89 bits per heavy atom. The second kappa shape index (κ2) is 10.8. The van der Waals surface area contributed by atoms with Crippen molar-refractivity contribution >= 4 is 41.0 Å². The van der Waals surface area contributed by atoms with Crippen LogP contribution in [0.1, 0.15) is 11.3 Å². The molecule has 1 heterocycles. The van der Waals surface area contributed by atoms with E-state index >= 15 is 0 Å². The van der Waals surface area contributed by atoms with Crippen molar-refractivity contribution in [3.05, 3.63) is 100 Å². The zero-order valence-corrected chi connectivity index (χ0v) is 19.1. The number of rotatable bonds is 9. The van der Waals surface area contributed by atoms with Crippen LogP contribution in [0.3, 0.4) is 0 Å². The van der Waals surface area contributed by atoms with Crippen LogP contribution in [0.5, 0.6) is 11.5 Å². The molecule has 176 valence electrons. The van der Waals surface area contributed by atoms with E-state index in [9.17, 15) is 10.1 Å². The van der Waals surface area contributed by atoms with Crippen molar-refractivity contribution < 1.29 is 14.4 Å². The summed E-state index contributed by atoms with van der Waals surface area (Å²) in [5.74, 6) is 1.62. The highest BCUT2D eigenvalue weighted by Crippen LogP contribution is 2.32. The van der Waals surface area contributed by atoms with Crippen molar-refractivity contribution in [2.24, 2.45) is 0 Å². The van der Waals surface area contributed by atoms with E-state index in [0.717, 1.165) is 5.56 Å². The van der Waals surface area contributed by atoms with Crippen LogP contribution in [-0.2, 0) is 0 Å². The number of benzene rings is 3. The van der Waals surface area contributed by atoms with Gasteiger partial charge >= 0.3 is 5.69 Å². The maximum absolute atomic E-state index is 12.1. The highest BCUT2D eigenvalue weighted by atomic mass is 16.6. The molecule has 0 aliphatic heterocycles. The molecule has 0 saturated heterocycles. The molecule has 0 unspecified atom stereocenters. The van der Waals surface area contributed by atoms with Gasteiger partial charge in [0.1, 0.15) is 17.2 Å². The minimum atomic E-state index is -0.492. The van der Waals surface area contributed by atoms with Crippen LogP contribution in [0, 0.1) is 10.1 Å². The van der Waals surface area contributed by atoms with Gasteiger partial charge in [-0.2, -0.15) is 4.98 Å². The third kappa shape index (κ3) is 5.91. The maximum Gasteiger partial charge on any atom is 0.337 e. The molecule has 0 fully saturated rings. The summed E-state index contributed by atoms with van der Waals surface area (Å²) in [5, 5.41) is 18.2. The van der Waals surface area contributed by atoms with E-state index in [2.05, 4.69) is 20.6 Å². The Balaban J connectivity index is 1.76. The first kappa shape index (κ1) is 23.2. The van der Waals surface area contributed by atoms with E-state index in [1.165, 1.54) is 0 Å². The lowest BCUT2D eigenvalue weighted by atomic mass is 10.2. The van der Waals surface area contributed by atoms with Gasteiger partial charge in [-0.25, -0.2) is 4.98 Å². The Bertz CT molecular complexity index is 1320. The van der Waals surface area contributed by atoms with E-state index < -0.39 is 4.92 Å². The fraction of sp³-hybridized carbons (Fsp3) is 0.0769. The minimum Gasteiger partial charge on any atom is -0.497 e. The van der Waals surface area contributed by atoms with Crippen LogP contribution in [0.25, 0.3) is 12.2 Å². The SMILES string of the molecule is COc1ccc(Nc2nc(C=Cc3ccccc3)c([N+](=O)[O-])c(Nc3ccc(OC)cc3)n2)cc1. The van der Waals surface area contributed by atoms with Crippen LogP contribution in [-0.4, -0.2) is 29.1 Å². The molecule has 9 heteroatoms. The zero-order valence-electron chi connectivity index (χ0n) is 19.1. The first-order valence-electron chi connectivity index (χ1n) is 10.7. The number of anilines is 4. The lowest BCUT2D eigenvalue weighted by Gasteiger charge is -2.12. The van der Waals surface area contributed by atoms with Gasteiger partial charge in [0.05, 0.1) is 19.1 Å². The van der Waals surface area contributed by atoms with Gasteiger partial charge < -0.3 is 20.1 Å². The molecular formula is C26H23N5O4. The number of nitro groups is 1. The molecule has 35 heavy (non-hydrogen) atoms. The molecular weight excluding hydrogens is 446 g/mol. The van der Waals surface area contributed by atoms with E-state index in [-0.39, 0.29) is 23.1 Å². The Morgan fingerprint density at radius 1 is 0.771 bits per heavy atom. The average Bonchev–Trinajstić information content (AvgIpc) is 2.88. The lowest BCUT2D eigenvalue weighted by Crippen LogP contribution is -2.07. The van der Waals surface area contributed by atoms with Crippen molar-refractivity contribution in [1.82, 2.24) is 9.97 Å². The molecule has 1 aromatic heterocycles. The Kier molecular flexibility index (Phi) is 7.17. The van der Waals surface area contributed by atoms with Crippen LogP contribution in [0.15, 0.2) is 78.9 Å². The third-order valence-electron chi connectivity index (χ3n) is 5.03. The van der Waals surface area contributed by atoms with Gasteiger partial charge in [-0.1, -0.05) is 36.4 Å². The third-order valence-corrected chi connectivity index (χ3v) is 5.03. The minimum absolute atomic E-state index is 0.0545. The molecule has 0 amide bonds. The predicted octanol–water partition coefficient (Wildman–Crippen LogP) is 6.06. The molecule has 0 aliphatic carbocycles. The lowest BCUT2D eigenvalue weighted by molar-refractivity contribution is -0.384. The molecule has 2 N–H and O–H groups in total. The van der Waals surface area contributed by atoms with Gasteiger partial charge in [-0.05, 0) is 60.2 Å². The Morgan fingerprint density at radius 2 is 1.34 bits per heavy atom. The average molecular weight is 470 g/mol. The van der Waals surface area contributed by atoms with Crippen molar-refractivity contribution in [1.29, 1.82) is 0 Å². The summed E-state index contributed by atoms with van der Waals surface area (Å²) in [6, 6.07) is 23.7. The molecule has 0 bridgehead atoms. The zero-order chi connectivity index (χ0) is 24.6. The summed E-state index contributed by atoms with van der Waals surface area (Å²) >= 11 is 0. The summed E-state index contributed by atoms with van der Waals surface area (Å²) in [6.45, 7) is 0. The summed E-state index contributed by atoms with van der Waals surface area (Å²) in [5.41, 5.74) is 2.11. The number of aromatic nitrogens is 2. The van der Waals surface area contributed by atoms with Gasteiger partial charge in [-0.15, -0.1) is 0 Å². The van der Waals surface area contributed by atoms with E-state index in [0.29, 0.717) is 22.9 Å². The van der Waals surface area contributed by atoms with Crippen molar-refractivity contribution in [3.63, 3.8) is 0 Å². The second-order valence-electron chi connectivity index (χ2n) is 7.34. The first-order chi connectivity index (χ1) is 17.1. The van der Waals surface area contributed by atoms with Crippen molar-refractivity contribution in [3.8, 4) is 11.5 Å². The van der Waals surface area contributed by atoms with Gasteiger partial charge in [0.2, 0.25) is 11.8 Å². The predicted molar refractivity (Wildman–Crippen MR) is 137 cm³/mol. The summed E-state index contributed by atoms with van der Waals surface area (Å²) < 4.78 is 10.4. The number of nitrogens with one attached hydrogen (secondary N) is 2. The van der Waals surface area contributed by atoms with Crippen LogP contribution in [0.4, 0.5) is 28.8 Å². The maximum atomic E-state index is 12.1. The van der Waals surface area contributed by atoms with Gasteiger partial charge in [-0.3, -0.25) is 10.1 Å². The smallest absolute Gasteiger partial charge is 0.337 e. The van der Waals surface area contributed by atoms with E-state index in [4.69, 9.17) is 9.47 Å². The summed E-state index contributed by atoms with van der Waals surface area (Å²) in [7, 11) is 3.16. The number of nitrogens with zero attached hydrogens (tertiary/aromatic N) is 3. The Hall–Kier alpha value is -4.92. The summed E-state index contributed by atoms with van der Waals surface area (Å²) in [4.78, 5) is 20.4. The first-order valence-corrected chi connectivity index (χ1v) is 10.7. The molecule has 0 atom stereocenters. The second-order valence-corrected chi connectivity index (χ2v) is 7.34. The number of hydrogen-bond donors (Lipinski definition) is 2. The topological polar surface area (TPSA) is 111 Å². The molecule has 0 radical (unpaired) electrons. The fourth-order valence-electron chi connectivity index (χ4n) is 3.27.